The Labute approximate surface area is 129 Å². The molecule has 0 saturated carbocycles. The minimum absolute atomic E-state index is 0.0635. The summed E-state index contributed by atoms with van der Waals surface area (Å²) in [7, 11) is 1.37. The average molecular weight is 356 g/mol. The highest BCUT2D eigenvalue weighted by molar-refractivity contribution is 9.10. The summed E-state index contributed by atoms with van der Waals surface area (Å²) in [5.74, 6) is -1.69. The van der Waals surface area contributed by atoms with Gasteiger partial charge in [-0.3, -0.25) is 4.79 Å². The van der Waals surface area contributed by atoms with E-state index in [1.54, 1.807) is 6.07 Å². The second kappa shape index (κ2) is 6.28. The van der Waals surface area contributed by atoms with Crippen LogP contribution in [0.25, 0.3) is 11.0 Å². The molecule has 7 heteroatoms. The van der Waals surface area contributed by atoms with Gasteiger partial charge in [0.05, 0.1) is 6.61 Å². The van der Waals surface area contributed by atoms with Gasteiger partial charge < -0.3 is 19.6 Å². The molecule has 1 heterocycles. The van der Waals surface area contributed by atoms with E-state index in [4.69, 9.17) is 14.3 Å². The number of ether oxygens (including phenoxy) is 1. The molecule has 1 unspecified atom stereocenters. The molecule has 21 heavy (non-hydrogen) atoms. The van der Waals surface area contributed by atoms with Crippen LogP contribution in [0.2, 0.25) is 0 Å². The molecule has 0 aliphatic heterocycles. The lowest BCUT2D eigenvalue weighted by Crippen LogP contribution is -2.43. The van der Waals surface area contributed by atoms with E-state index in [0.717, 1.165) is 15.4 Å². The van der Waals surface area contributed by atoms with Crippen molar-refractivity contribution in [1.29, 1.82) is 0 Å². The summed E-state index contributed by atoms with van der Waals surface area (Å²) in [6.07, 6.45) is 0. The summed E-state index contributed by atoms with van der Waals surface area (Å²) in [4.78, 5) is 23.1. The number of rotatable bonds is 5. The molecule has 1 aromatic carbocycles. The summed E-state index contributed by atoms with van der Waals surface area (Å²) < 4.78 is 11.1. The SMILES string of the molecule is COCC(NC(=O)c1cc2cc(Br)cc(C)c2o1)C(=O)O. The first kappa shape index (κ1) is 15.5. The molecule has 1 aromatic heterocycles. The van der Waals surface area contributed by atoms with Crippen LogP contribution in [0, 0.1) is 6.92 Å². The lowest BCUT2D eigenvalue weighted by Gasteiger charge is -2.11. The first-order chi connectivity index (χ1) is 9.92. The van der Waals surface area contributed by atoms with Crippen molar-refractivity contribution in [2.45, 2.75) is 13.0 Å². The molecule has 0 aliphatic carbocycles. The van der Waals surface area contributed by atoms with Gasteiger partial charge in [-0.1, -0.05) is 15.9 Å². The van der Waals surface area contributed by atoms with Gasteiger partial charge in [-0.25, -0.2) is 4.79 Å². The summed E-state index contributed by atoms with van der Waals surface area (Å²) in [6.45, 7) is 1.75. The zero-order valence-electron chi connectivity index (χ0n) is 11.5. The number of benzene rings is 1. The number of aryl methyl sites for hydroxylation is 1. The van der Waals surface area contributed by atoms with Crippen LogP contribution in [-0.4, -0.2) is 36.7 Å². The fourth-order valence-corrected chi connectivity index (χ4v) is 2.56. The first-order valence-electron chi connectivity index (χ1n) is 6.14. The molecule has 0 saturated heterocycles. The number of furan rings is 1. The Balaban J connectivity index is 2.27. The molecule has 1 amide bonds. The third kappa shape index (κ3) is 3.43. The molecular weight excluding hydrogens is 342 g/mol. The third-order valence-corrected chi connectivity index (χ3v) is 3.39. The Bertz CT molecular complexity index is 694. The summed E-state index contributed by atoms with van der Waals surface area (Å²) in [5.41, 5.74) is 1.48. The van der Waals surface area contributed by atoms with Gasteiger partial charge in [0.1, 0.15) is 5.58 Å². The van der Waals surface area contributed by atoms with E-state index in [-0.39, 0.29) is 12.4 Å². The zero-order chi connectivity index (χ0) is 15.6. The van der Waals surface area contributed by atoms with Crippen LogP contribution >= 0.6 is 15.9 Å². The standard InChI is InChI=1S/C14H14BrNO5/c1-7-3-9(15)4-8-5-11(21-12(7)8)13(17)16-10(6-20-2)14(18)19/h3-5,10H,6H2,1-2H3,(H,16,17)(H,18,19). The van der Waals surface area contributed by atoms with Crippen LogP contribution in [0.15, 0.2) is 27.1 Å². The van der Waals surface area contributed by atoms with E-state index in [9.17, 15) is 9.59 Å². The van der Waals surface area contributed by atoms with Crippen LogP contribution in [0.4, 0.5) is 0 Å². The number of aliphatic carboxylic acids is 1. The molecule has 0 radical (unpaired) electrons. The quantitative estimate of drug-likeness (QED) is 0.859. The van der Waals surface area contributed by atoms with E-state index in [1.165, 1.54) is 7.11 Å². The van der Waals surface area contributed by atoms with Gasteiger partial charge in [0.25, 0.3) is 5.91 Å². The van der Waals surface area contributed by atoms with Crippen LogP contribution in [0.5, 0.6) is 0 Å². The number of halogens is 1. The van der Waals surface area contributed by atoms with Crippen LogP contribution < -0.4 is 5.32 Å². The normalized spacial score (nSPS) is 12.3. The van der Waals surface area contributed by atoms with E-state index in [2.05, 4.69) is 21.2 Å². The van der Waals surface area contributed by atoms with Gasteiger partial charge >= 0.3 is 5.97 Å². The second-order valence-electron chi connectivity index (χ2n) is 4.57. The predicted octanol–water partition coefficient (Wildman–Crippen LogP) is 2.33. The number of carboxylic acids is 1. The van der Waals surface area contributed by atoms with Crippen molar-refractivity contribution in [1.82, 2.24) is 5.32 Å². The minimum atomic E-state index is -1.17. The van der Waals surface area contributed by atoms with E-state index < -0.39 is 17.9 Å². The van der Waals surface area contributed by atoms with Crippen molar-refractivity contribution < 1.29 is 23.8 Å². The molecule has 1 atom stereocenters. The molecule has 2 rings (SSSR count). The summed E-state index contributed by atoms with van der Waals surface area (Å²) in [6, 6.07) is 4.16. The lowest BCUT2D eigenvalue weighted by atomic mass is 10.2. The molecule has 2 aromatic rings. The number of carbonyl (C=O) groups is 2. The molecule has 0 aliphatic rings. The Morgan fingerprint density at radius 3 is 2.76 bits per heavy atom. The topological polar surface area (TPSA) is 88.8 Å². The molecular formula is C14H14BrNO5. The van der Waals surface area contributed by atoms with Crippen molar-refractivity contribution in [2.75, 3.05) is 13.7 Å². The maximum absolute atomic E-state index is 12.1. The third-order valence-electron chi connectivity index (χ3n) is 2.93. The van der Waals surface area contributed by atoms with Crippen molar-refractivity contribution >= 4 is 38.8 Å². The molecule has 0 bridgehead atoms. The average Bonchev–Trinajstić information content (AvgIpc) is 2.82. The largest absolute Gasteiger partial charge is 0.480 e. The number of nitrogens with one attached hydrogen (secondary N) is 1. The maximum atomic E-state index is 12.1. The lowest BCUT2D eigenvalue weighted by molar-refractivity contribution is -0.140. The van der Waals surface area contributed by atoms with E-state index in [1.807, 2.05) is 19.1 Å². The highest BCUT2D eigenvalue weighted by Gasteiger charge is 2.22. The molecule has 112 valence electrons. The number of amides is 1. The van der Waals surface area contributed by atoms with Crippen molar-refractivity contribution in [3.05, 3.63) is 34.0 Å². The number of hydrogen-bond acceptors (Lipinski definition) is 4. The fraction of sp³-hybridized carbons (Fsp3) is 0.286. The smallest absolute Gasteiger partial charge is 0.328 e. The van der Waals surface area contributed by atoms with Gasteiger partial charge in [-0.2, -0.15) is 0 Å². The van der Waals surface area contributed by atoms with Gasteiger partial charge in [0.15, 0.2) is 11.8 Å². The number of fused-ring (bicyclic) bond motifs is 1. The van der Waals surface area contributed by atoms with Gasteiger partial charge in [0.2, 0.25) is 0 Å². The monoisotopic (exact) mass is 355 g/mol. The van der Waals surface area contributed by atoms with E-state index in [0.29, 0.717) is 5.58 Å². The Morgan fingerprint density at radius 1 is 1.43 bits per heavy atom. The Kier molecular flexibility index (Phi) is 4.64. The zero-order valence-corrected chi connectivity index (χ0v) is 13.1. The molecule has 6 nitrogen and oxygen atoms in total. The Hall–Kier alpha value is -1.86. The highest BCUT2D eigenvalue weighted by atomic mass is 79.9. The molecule has 0 spiro atoms. The van der Waals surface area contributed by atoms with Crippen molar-refractivity contribution in [2.24, 2.45) is 0 Å². The number of carboxylic acid groups (broad SMARTS) is 1. The second-order valence-corrected chi connectivity index (χ2v) is 5.49. The summed E-state index contributed by atoms with van der Waals surface area (Å²) in [5, 5.41) is 12.1. The van der Waals surface area contributed by atoms with Crippen LogP contribution in [0.1, 0.15) is 16.1 Å². The molecule has 2 N–H and O–H groups in total. The number of hydrogen-bond donors (Lipinski definition) is 2. The predicted molar refractivity (Wildman–Crippen MR) is 79.4 cm³/mol. The fourth-order valence-electron chi connectivity index (χ4n) is 1.97. The van der Waals surface area contributed by atoms with E-state index >= 15 is 0 Å². The van der Waals surface area contributed by atoms with Crippen molar-refractivity contribution in [3.63, 3.8) is 0 Å². The van der Waals surface area contributed by atoms with Crippen molar-refractivity contribution in [3.8, 4) is 0 Å². The maximum Gasteiger partial charge on any atom is 0.328 e. The van der Waals surface area contributed by atoms with Gasteiger partial charge in [-0.15, -0.1) is 0 Å². The van der Waals surface area contributed by atoms with Crippen LogP contribution in [0.3, 0.4) is 0 Å². The van der Waals surface area contributed by atoms with Crippen LogP contribution in [-0.2, 0) is 9.53 Å². The number of carbonyl (C=O) groups excluding carboxylic acids is 1. The minimum Gasteiger partial charge on any atom is -0.480 e. The first-order valence-corrected chi connectivity index (χ1v) is 6.94. The molecule has 0 fully saturated rings. The highest BCUT2D eigenvalue weighted by Crippen LogP contribution is 2.27. The Morgan fingerprint density at radius 2 is 2.14 bits per heavy atom. The van der Waals surface area contributed by atoms with Gasteiger partial charge in [-0.05, 0) is 30.7 Å². The number of methoxy groups -OCH3 is 1. The van der Waals surface area contributed by atoms with Gasteiger partial charge in [0, 0.05) is 17.0 Å². The summed E-state index contributed by atoms with van der Waals surface area (Å²) >= 11 is 3.37.